The van der Waals surface area contributed by atoms with Crippen LogP contribution in [-0.2, 0) is 6.61 Å². The minimum Gasteiger partial charge on any atom is -0.487 e. The average molecular weight is 415 g/mol. The molecule has 2 aromatic carbocycles. The largest absolute Gasteiger partial charge is 0.487 e. The normalized spacial score (nSPS) is 10.2. The fraction of sp³-hybridized carbons (Fsp3) is 0.0714. The minimum atomic E-state index is -0.458. The maximum Gasteiger partial charge on any atom is 0.269 e. The van der Waals surface area contributed by atoms with E-state index in [4.69, 9.17) is 4.74 Å². The zero-order valence-electron chi connectivity index (χ0n) is 10.6. The summed E-state index contributed by atoms with van der Waals surface area (Å²) in [5.41, 5.74) is 1.21. The van der Waals surface area contributed by atoms with Gasteiger partial charge in [0.05, 0.1) is 15.0 Å². The first-order valence-corrected chi connectivity index (χ1v) is 7.40. The Balaban J connectivity index is 2.16. The van der Waals surface area contributed by atoms with E-state index in [0.29, 0.717) is 22.1 Å². The summed E-state index contributed by atoms with van der Waals surface area (Å²) in [6, 6.07) is 9.49. The van der Waals surface area contributed by atoms with E-state index in [1.54, 1.807) is 24.3 Å². The molecule has 5 nitrogen and oxygen atoms in total. The monoisotopic (exact) mass is 413 g/mol. The van der Waals surface area contributed by atoms with Crippen molar-refractivity contribution in [1.82, 2.24) is 0 Å². The van der Waals surface area contributed by atoms with Crippen molar-refractivity contribution in [2.75, 3.05) is 0 Å². The van der Waals surface area contributed by atoms with Crippen LogP contribution in [-0.4, -0.2) is 11.2 Å². The van der Waals surface area contributed by atoms with Gasteiger partial charge in [0.2, 0.25) is 0 Å². The molecule has 0 radical (unpaired) electrons. The summed E-state index contributed by atoms with van der Waals surface area (Å²) in [6.07, 6.45) is 0.709. The number of ether oxygens (including phenoxy) is 1. The molecule has 0 aliphatic heterocycles. The Bertz CT molecular complexity index is 686. The third kappa shape index (κ3) is 3.89. The summed E-state index contributed by atoms with van der Waals surface area (Å²) in [5, 5.41) is 10.6. The van der Waals surface area contributed by atoms with Crippen molar-refractivity contribution in [2.45, 2.75) is 6.61 Å². The number of aldehydes is 1. The number of carbonyl (C=O) groups is 1. The number of carbonyl (C=O) groups excluding carboxylic acids is 1. The second-order valence-electron chi connectivity index (χ2n) is 4.14. The summed E-state index contributed by atoms with van der Waals surface area (Å²) < 4.78 is 7.05. The van der Waals surface area contributed by atoms with Gasteiger partial charge in [0.25, 0.3) is 5.69 Å². The fourth-order valence-corrected chi connectivity index (χ4v) is 3.06. The molecule has 0 aliphatic rings. The number of hydrogen-bond donors (Lipinski definition) is 0. The molecule has 108 valence electrons. The Hall–Kier alpha value is -1.73. The van der Waals surface area contributed by atoms with E-state index >= 15 is 0 Å². The zero-order chi connectivity index (χ0) is 15.4. The van der Waals surface area contributed by atoms with Gasteiger partial charge in [0, 0.05) is 16.6 Å². The lowest BCUT2D eigenvalue weighted by atomic mass is 10.2. The lowest BCUT2D eigenvalue weighted by molar-refractivity contribution is -0.384. The van der Waals surface area contributed by atoms with Crippen molar-refractivity contribution in [3.05, 3.63) is 66.6 Å². The molecule has 0 spiro atoms. The van der Waals surface area contributed by atoms with Gasteiger partial charge in [-0.15, -0.1) is 0 Å². The molecular weight excluding hydrogens is 406 g/mol. The van der Waals surface area contributed by atoms with Crippen LogP contribution in [0.5, 0.6) is 5.75 Å². The van der Waals surface area contributed by atoms with Gasteiger partial charge in [0.1, 0.15) is 12.4 Å². The molecule has 0 amide bonds. The van der Waals surface area contributed by atoms with Crippen LogP contribution in [0.15, 0.2) is 45.3 Å². The van der Waals surface area contributed by atoms with Crippen LogP contribution >= 0.6 is 31.9 Å². The average Bonchev–Trinajstić information content (AvgIpc) is 2.46. The number of nitro benzene ring substituents is 1. The third-order valence-electron chi connectivity index (χ3n) is 2.69. The highest BCUT2D eigenvalue weighted by molar-refractivity contribution is 9.11. The minimum absolute atomic E-state index is 0.0251. The third-order valence-corrected chi connectivity index (χ3v) is 3.74. The van der Waals surface area contributed by atoms with Crippen LogP contribution in [0.4, 0.5) is 5.69 Å². The Morgan fingerprint density at radius 2 is 1.86 bits per heavy atom. The van der Waals surface area contributed by atoms with Gasteiger partial charge in [-0.05, 0) is 45.8 Å². The quantitative estimate of drug-likeness (QED) is 0.410. The molecule has 0 saturated heterocycles. The lowest BCUT2D eigenvalue weighted by Crippen LogP contribution is -1.99. The molecule has 0 bridgehead atoms. The first kappa shape index (κ1) is 15.7. The smallest absolute Gasteiger partial charge is 0.269 e. The molecule has 0 N–H and O–H groups in total. The van der Waals surface area contributed by atoms with E-state index in [1.165, 1.54) is 12.1 Å². The topological polar surface area (TPSA) is 69.4 Å². The highest BCUT2D eigenvalue weighted by atomic mass is 79.9. The van der Waals surface area contributed by atoms with Crippen LogP contribution in [0.25, 0.3) is 0 Å². The molecule has 0 aromatic heterocycles. The van der Waals surface area contributed by atoms with E-state index in [2.05, 4.69) is 31.9 Å². The zero-order valence-corrected chi connectivity index (χ0v) is 13.8. The highest BCUT2D eigenvalue weighted by Gasteiger charge is 2.10. The van der Waals surface area contributed by atoms with E-state index < -0.39 is 4.92 Å². The van der Waals surface area contributed by atoms with Crippen molar-refractivity contribution in [2.24, 2.45) is 0 Å². The molecule has 0 atom stereocenters. The summed E-state index contributed by atoms with van der Waals surface area (Å²) >= 11 is 6.64. The van der Waals surface area contributed by atoms with Crippen molar-refractivity contribution >= 4 is 43.8 Å². The SMILES string of the molecule is O=Cc1cc(Br)cc(Br)c1OCc1ccc([N+](=O)[O-])cc1. The number of rotatable bonds is 5. The van der Waals surface area contributed by atoms with Gasteiger partial charge in [-0.1, -0.05) is 15.9 Å². The van der Waals surface area contributed by atoms with Crippen LogP contribution in [0, 0.1) is 10.1 Å². The predicted octanol–water partition coefficient (Wildman–Crippen LogP) is 4.51. The van der Waals surface area contributed by atoms with Crippen LogP contribution in [0.2, 0.25) is 0 Å². The summed E-state index contributed by atoms with van der Waals surface area (Å²) in [5.74, 6) is 0.437. The van der Waals surface area contributed by atoms with Gasteiger partial charge in [-0.25, -0.2) is 0 Å². The molecule has 0 aliphatic carbocycles. The van der Waals surface area contributed by atoms with Gasteiger partial charge in [-0.2, -0.15) is 0 Å². The fourth-order valence-electron chi connectivity index (χ4n) is 1.69. The Kier molecular flexibility index (Phi) is 5.08. The van der Waals surface area contributed by atoms with E-state index in [-0.39, 0.29) is 12.3 Å². The first-order valence-electron chi connectivity index (χ1n) is 5.81. The van der Waals surface area contributed by atoms with E-state index in [1.807, 2.05) is 0 Å². The first-order chi connectivity index (χ1) is 10.0. The van der Waals surface area contributed by atoms with E-state index in [9.17, 15) is 14.9 Å². The Labute approximate surface area is 137 Å². The number of nitrogens with zero attached hydrogens (tertiary/aromatic N) is 1. The molecule has 7 heteroatoms. The second-order valence-corrected chi connectivity index (χ2v) is 5.91. The van der Waals surface area contributed by atoms with Crippen molar-refractivity contribution in [3.63, 3.8) is 0 Å². The van der Waals surface area contributed by atoms with Gasteiger partial charge >= 0.3 is 0 Å². The van der Waals surface area contributed by atoms with Gasteiger partial charge < -0.3 is 4.74 Å². The second kappa shape index (κ2) is 6.82. The number of benzene rings is 2. The summed E-state index contributed by atoms with van der Waals surface area (Å²) in [4.78, 5) is 21.2. The Morgan fingerprint density at radius 3 is 2.43 bits per heavy atom. The molecule has 2 rings (SSSR count). The molecule has 0 heterocycles. The lowest BCUT2D eigenvalue weighted by Gasteiger charge is -2.11. The highest BCUT2D eigenvalue weighted by Crippen LogP contribution is 2.32. The molecule has 0 saturated carbocycles. The maximum atomic E-state index is 11.1. The molecular formula is C14H9Br2NO4. The van der Waals surface area contributed by atoms with Crippen molar-refractivity contribution < 1.29 is 14.5 Å². The van der Waals surface area contributed by atoms with Gasteiger partial charge in [0.15, 0.2) is 6.29 Å². The van der Waals surface area contributed by atoms with Crippen molar-refractivity contribution in [3.8, 4) is 5.75 Å². The van der Waals surface area contributed by atoms with Crippen LogP contribution < -0.4 is 4.74 Å². The van der Waals surface area contributed by atoms with E-state index in [0.717, 1.165) is 10.0 Å². The molecule has 0 unspecified atom stereocenters. The number of non-ortho nitro benzene ring substituents is 1. The standard InChI is InChI=1S/C14H9Br2NO4/c15-11-5-10(7-18)14(13(16)6-11)21-8-9-1-3-12(4-2-9)17(19)20/h1-7H,8H2. The predicted molar refractivity (Wildman–Crippen MR) is 84.7 cm³/mol. The Morgan fingerprint density at radius 1 is 1.19 bits per heavy atom. The summed E-state index contributed by atoms with van der Waals surface area (Å²) in [6.45, 7) is 0.207. The van der Waals surface area contributed by atoms with Crippen LogP contribution in [0.3, 0.4) is 0 Å². The number of hydrogen-bond acceptors (Lipinski definition) is 4. The summed E-state index contributed by atoms with van der Waals surface area (Å²) in [7, 11) is 0. The molecule has 2 aromatic rings. The molecule has 21 heavy (non-hydrogen) atoms. The van der Waals surface area contributed by atoms with Crippen molar-refractivity contribution in [1.29, 1.82) is 0 Å². The number of halogens is 2. The van der Waals surface area contributed by atoms with Crippen LogP contribution in [0.1, 0.15) is 15.9 Å². The van der Waals surface area contributed by atoms with Gasteiger partial charge in [-0.3, -0.25) is 14.9 Å². The number of nitro groups is 1. The molecule has 0 fully saturated rings. The maximum absolute atomic E-state index is 11.1.